The van der Waals surface area contributed by atoms with Gasteiger partial charge in [0.15, 0.2) is 0 Å². The lowest BCUT2D eigenvalue weighted by atomic mass is 10.7. The number of halogens is 2. The van der Waals surface area contributed by atoms with E-state index >= 15 is 0 Å². The van der Waals surface area contributed by atoms with Crippen LogP contribution in [0.5, 0.6) is 0 Å². The molecular weight excluding hydrogens is 159 g/mol. The third kappa shape index (κ3) is 35.8. The summed E-state index contributed by atoms with van der Waals surface area (Å²) in [5.74, 6) is 2.45. The molecule has 0 saturated heterocycles. The molecule has 3 heteroatoms. The Morgan fingerprint density at radius 2 is 2.00 bits per heavy atom. The highest BCUT2D eigenvalue weighted by Gasteiger charge is 1.74. The lowest BCUT2D eigenvalue weighted by molar-refractivity contribution is -0.107. The quantitative estimate of drug-likeness (QED) is 0.330. The van der Waals surface area contributed by atoms with Crippen LogP contribution in [0.2, 0.25) is 0 Å². The summed E-state index contributed by atoms with van der Waals surface area (Å²) in [6.07, 6.45) is 1.04. The lowest BCUT2D eigenvalue weighted by Crippen LogP contribution is -1.67. The molecule has 0 aliphatic carbocycles. The van der Waals surface area contributed by atoms with Crippen LogP contribution in [0.25, 0.3) is 0 Å². The van der Waals surface area contributed by atoms with Crippen molar-refractivity contribution in [2.45, 2.75) is 6.92 Å². The van der Waals surface area contributed by atoms with Crippen LogP contribution in [0.1, 0.15) is 6.92 Å². The minimum Gasteiger partial charge on any atom is -0.276 e. The molecule has 0 radical (unpaired) electrons. The zero-order valence-corrected chi connectivity index (χ0v) is 6.46. The Kier molecular flexibility index (Phi) is 13.3. The molecule has 0 aromatic rings. The average Bonchev–Trinajstić information content (AvgIpc) is 1.89. The first kappa shape index (κ1) is 11.4. The molecule has 0 aliphatic rings. The Hall–Kier alpha value is -0.450. The van der Waals surface area contributed by atoms with Gasteiger partial charge in [-0.25, -0.2) is 0 Å². The van der Waals surface area contributed by atoms with E-state index in [0.29, 0.717) is 0 Å². The summed E-state index contributed by atoms with van der Waals surface area (Å²) in [4.78, 5) is 9.46. The fraction of sp³-hybridized carbons (Fsp3) is 0.167. The predicted molar refractivity (Wildman–Crippen MR) is 40.4 cm³/mol. The SMILES string of the molecule is C=CC(=O)Cl.CC#CCl. The van der Waals surface area contributed by atoms with Crippen LogP contribution >= 0.6 is 23.2 Å². The van der Waals surface area contributed by atoms with Gasteiger partial charge in [-0.05, 0) is 36.2 Å². The maximum Gasteiger partial charge on any atom is 0.244 e. The first-order valence-corrected chi connectivity index (χ1v) is 2.78. The predicted octanol–water partition coefficient (Wildman–Crippen LogP) is 2.14. The minimum absolute atomic E-state index is 0.509. The zero-order valence-electron chi connectivity index (χ0n) is 4.95. The van der Waals surface area contributed by atoms with Gasteiger partial charge in [0.25, 0.3) is 0 Å². The van der Waals surface area contributed by atoms with Crippen molar-refractivity contribution in [3.05, 3.63) is 12.7 Å². The third-order valence-corrected chi connectivity index (χ3v) is 0.598. The van der Waals surface area contributed by atoms with Crippen molar-refractivity contribution in [3.8, 4) is 11.3 Å². The summed E-state index contributed by atoms with van der Waals surface area (Å²) in [6, 6.07) is 0. The van der Waals surface area contributed by atoms with Gasteiger partial charge in [0, 0.05) is 5.38 Å². The van der Waals surface area contributed by atoms with E-state index in [9.17, 15) is 4.79 Å². The highest BCUT2D eigenvalue weighted by atomic mass is 35.5. The number of carbonyl (C=O) groups excluding carboxylic acids is 1. The highest BCUT2D eigenvalue weighted by molar-refractivity contribution is 6.66. The Morgan fingerprint density at radius 3 is 2.00 bits per heavy atom. The molecule has 0 atom stereocenters. The third-order valence-electron chi connectivity index (χ3n) is 0.255. The van der Waals surface area contributed by atoms with Gasteiger partial charge in [-0.2, -0.15) is 0 Å². The summed E-state index contributed by atoms with van der Waals surface area (Å²) in [5, 5.41) is 1.64. The Labute approximate surface area is 64.6 Å². The normalized spacial score (nSPS) is 5.22. The van der Waals surface area contributed by atoms with E-state index in [1.807, 2.05) is 0 Å². The van der Waals surface area contributed by atoms with E-state index in [2.05, 4.69) is 17.9 Å². The molecule has 1 nitrogen and oxygen atoms in total. The zero-order chi connectivity index (χ0) is 7.70. The standard InChI is InChI=1S/C3H3ClO.C3H3Cl/c1-2-3(4)5;1-2-3-4/h2H,1H2;1H3. The van der Waals surface area contributed by atoms with E-state index < -0.39 is 5.24 Å². The van der Waals surface area contributed by atoms with Gasteiger partial charge in [0.05, 0.1) is 0 Å². The molecule has 0 aromatic carbocycles. The van der Waals surface area contributed by atoms with Crippen molar-refractivity contribution in [1.29, 1.82) is 0 Å². The van der Waals surface area contributed by atoms with Gasteiger partial charge < -0.3 is 0 Å². The van der Waals surface area contributed by atoms with Gasteiger partial charge in [0.2, 0.25) is 5.24 Å². The highest BCUT2D eigenvalue weighted by Crippen LogP contribution is 1.74. The fourth-order valence-corrected chi connectivity index (χ4v) is 0. The summed E-state index contributed by atoms with van der Waals surface area (Å²) in [5.41, 5.74) is 0. The van der Waals surface area contributed by atoms with Crippen molar-refractivity contribution in [3.63, 3.8) is 0 Å². The van der Waals surface area contributed by atoms with Gasteiger partial charge in [-0.15, -0.1) is 0 Å². The molecular formula is C6H6Cl2O. The molecule has 0 spiro atoms. The van der Waals surface area contributed by atoms with Gasteiger partial charge in [-0.3, -0.25) is 4.79 Å². The fourth-order valence-electron chi connectivity index (χ4n) is 0. The first-order chi connectivity index (χ1) is 4.18. The number of hydrogen-bond acceptors (Lipinski definition) is 1. The van der Waals surface area contributed by atoms with Crippen molar-refractivity contribution in [2.24, 2.45) is 0 Å². The van der Waals surface area contributed by atoms with Crippen molar-refractivity contribution in [2.75, 3.05) is 0 Å². The molecule has 0 fully saturated rings. The van der Waals surface area contributed by atoms with Gasteiger partial charge in [0.1, 0.15) is 0 Å². The van der Waals surface area contributed by atoms with Crippen LogP contribution in [-0.4, -0.2) is 5.24 Å². The van der Waals surface area contributed by atoms with Gasteiger partial charge >= 0.3 is 0 Å². The van der Waals surface area contributed by atoms with Crippen molar-refractivity contribution < 1.29 is 4.79 Å². The number of carbonyl (C=O) groups is 1. The molecule has 0 unspecified atom stereocenters. The van der Waals surface area contributed by atoms with Crippen LogP contribution < -0.4 is 0 Å². The molecule has 0 rings (SSSR count). The molecule has 0 saturated carbocycles. The molecule has 9 heavy (non-hydrogen) atoms. The van der Waals surface area contributed by atoms with E-state index in [0.717, 1.165) is 6.08 Å². The van der Waals surface area contributed by atoms with Crippen molar-refractivity contribution >= 4 is 28.4 Å². The summed E-state index contributed by atoms with van der Waals surface area (Å²) < 4.78 is 0. The maximum atomic E-state index is 9.46. The molecule has 0 N–H and O–H groups in total. The topological polar surface area (TPSA) is 17.1 Å². The monoisotopic (exact) mass is 164 g/mol. The largest absolute Gasteiger partial charge is 0.276 e. The number of rotatable bonds is 1. The molecule has 0 aromatic heterocycles. The molecule has 0 aliphatic heterocycles. The maximum absolute atomic E-state index is 9.46. The lowest BCUT2D eigenvalue weighted by Gasteiger charge is -1.59. The van der Waals surface area contributed by atoms with E-state index in [-0.39, 0.29) is 0 Å². The Morgan fingerprint density at radius 1 is 1.78 bits per heavy atom. The van der Waals surface area contributed by atoms with E-state index in [1.54, 1.807) is 6.92 Å². The second-order valence-corrected chi connectivity index (χ2v) is 1.41. The molecule has 0 bridgehead atoms. The first-order valence-electron chi connectivity index (χ1n) is 2.03. The Balaban J connectivity index is 0. The molecule has 50 valence electrons. The molecule has 0 heterocycles. The molecule has 0 amide bonds. The van der Waals surface area contributed by atoms with E-state index in [1.165, 1.54) is 0 Å². The van der Waals surface area contributed by atoms with Crippen LogP contribution in [0.4, 0.5) is 0 Å². The van der Waals surface area contributed by atoms with Crippen LogP contribution in [-0.2, 0) is 4.79 Å². The van der Waals surface area contributed by atoms with Crippen LogP contribution in [0.3, 0.4) is 0 Å². The Bertz CT molecular complexity index is 135. The second-order valence-electron chi connectivity index (χ2n) is 0.853. The smallest absolute Gasteiger partial charge is 0.244 e. The summed E-state index contributed by atoms with van der Waals surface area (Å²) in [7, 11) is 0. The van der Waals surface area contributed by atoms with Gasteiger partial charge in [-0.1, -0.05) is 12.5 Å². The summed E-state index contributed by atoms with van der Waals surface area (Å²) >= 11 is 9.53. The van der Waals surface area contributed by atoms with E-state index in [4.69, 9.17) is 23.2 Å². The van der Waals surface area contributed by atoms with Crippen molar-refractivity contribution in [1.82, 2.24) is 0 Å². The number of hydrogen-bond donors (Lipinski definition) is 0. The summed E-state index contributed by atoms with van der Waals surface area (Å²) in [6.45, 7) is 4.77. The van der Waals surface area contributed by atoms with Crippen LogP contribution in [0, 0.1) is 11.3 Å². The number of allylic oxidation sites excluding steroid dienone is 1. The minimum atomic E-state index is -0.509. The second kappa shape index (κ2) is 10.5. The average molecular weight is 165 g/mol. The van der Waals surface area contributed by atoms with Crippen LogP contribution in [0.15, 0.2) is 12.7 Å².